The first-order valence-electron chi connectivity index (χ1n) is 10.5. The number of nitrogens with zero attached hydrogens (tertiary/aromatic N) is 4. The third-order valence-corrected chi connectivity index (χ3v) is 7.07. The molecule has 1 aliphatic heterocycles. The molecular weight excluding hydrogens is 422 g/mol. The monoisotopic (exact) mass is 451 g/mol. The van der Waals surface area contributed by atoms with E-state index >= 15 is 0 Å². The van der Waals surface area contributed by atoms with Crippen LogP contribution in [0.4, 0.5) is 0 Å². The fraction of sp³-hybridized carbons (Fsp3) is 0.550. The second kappa shape index (κ2) is 10.8. The molecule has 0 aliphatic carbocycles. The second-order valence-electron chi connectivity index (χ2n) is 7.09. The number of hydrogen-bond donors (Lipinski definition) is 1. The van der Waals surface area contributed by atoms with Gasteiger partial charge in [0, 0.05) is 25.2 Å². The number of rotatable bonds is 10. The fourth-order valence-electron chi connectivity index (χ4n) is 3.26. The molecule has 2 heterocycles. The Balaban J connectivity index is 1.58. The summed E-state index contributed by atoms with van der Waals surface area (Å²) in [6.45, 7) is 9.03. The number of sulfonamides is 1. The standard InChI is InChI=1S/C20H29N5O5S/c1-3-24(4-2)11-5-10-21-18(26)20-23-22-19(30-20)16-6-8-17(9-7-16)31(27,28)25-12-14-29-15-13-25/h6-9H,3-5,10-15H2,1-2H3,(H,21,26). The molecule has 2 aromatic rings. The molecule has 10 nitrogen and oxygen atoms in total. The van der Waals surface area contributed by atoms with E-state index in [1.807, 2.05) is 0 Å². The quantitative estimate of drug-likeness (QED) is 0.536. The lowest BCUT2D eigenvalue weighted by Gasteiger charge is -2.26. The first-order valence-corrected chi connectivity index (χ1v) is 11.9. The minimum absolute atomic E-state index is 0.122. The Labute approximate surface area is 182 Å². The van der Waals surface area contributed by atoms with Crippen molar-refractivity contribution in [2.45, 2.75) is 25.2 Å². The molecule has 0 atom stereocenters. The zero-order valence-electron chi connectivity index (χ0n) is 17.9. The smallest absolute Gasteiger partial charge is 0.308 e. The van der Waals surface area contributed by atoms with Crippen molar-refractivity contribution in [3.05, 3.63) is 30.2 Å². The van der Waals surface area contributed by atoms with E-state index in [1.165, 1.54) is 16.4 Å². The van der Waals surface area contributed by atoms with Crippen molar-refractivity contribution < 1.29 is 22.4 Å². The Bertz CT molecular complexity index is 951. The van der Waals surface area contributed by atoms with Gasteiger partial charge in [0.25, 0.3) is 0 Å². The van der Waals surface area contributed by atoms with Crippen molar-refractivity contribution in [2.24, 2.45) is 0 Å². The lowest BCUT2D eigenvalue weighted by Crippen LogP contribution is -2.40. The number of amides is 1. The van der Waals surface area contributed by atoms with Crippen molar-refractivity contribution in [1.82, 2.24) is 24.7 Å². The summed E-state index contributed by atoms with van der Waals surface area (Å²) in [7, 11) is -3.57. The average Bonchev–Trinajstić information content (AvgIpc) is 3.30. The summed E-state index contributed by atoms with van der Waals surface area (Å²) in [5.74, 6) is -0.392. The van der Waals surface area contributed by atoms with Crippen LogP contribution in [0, 0.1) is 0 Å². The van der Waals surface area contributed by atoms with Crippen LogP contribution in [0.5, 0.6) is 0 Å². The Kier molecular flexibility index (Phi) is 8.13. The zero-order valence-corrected chi connectivity index (χ0v) is 18.7. The van der Waals surface area contributed by atoms with Crippen molar-refractivity contribution in [2.75, 3.05) is 52.5 Å². The van der Waals surface area contributed by atoms with Gasteiger partial charge in [-0.2, -0.15) is 4.31 Å². The van der Waals surface area contributed by atoms with Crippen LogP contribution in [0.3, 0.4) is 0 Å². The van der Waals surface area contributed by atoms with Gasteiger partial charge in [0.1, 0.15) is 0 Å². The highest BCUT2D eigenvalue weighted by Crippen LogP contribution is 2.22. The number of hydrogen-bond acceptors (Lipinski definition) is 8. The van der Waals surface area contributed by atoms with Gasteiger partial charge in [-0.1, -0.05) is 13.8 Å². The predicted molar refractivity (Wildman–Crippen MR) is 114 cm³/mol. The molecule has 1 saturated heterocycles. The van der Waals surface area contributed by atoms with E-state index < -0.39 is 15.9 Å². The van der Waals surface area contributed by atoms with Gasteiger partial charge in [-0.3, -0.25) is 4.79 Å². The molecule has 170 valence electrons. The molecule has 1 N–H and O–H groups in total. The van der Waals surface area contributed by atoms with Crippen LogP contribution in [-0.2, 0) is 14.8 Å². The van der Waals surface area contributed by atoms with E-state index in [0.29, 0.717) is 38.4 Å². The van der Waals surface area contributed by atoms with E-state index in [4.69, 9.17) is 9.15 Å². The summed E-state index contributed by atoms with van der Waals surface area (Å²) in [4.78, 5) is 14.7. The number of morpholine rings is 1. The molecular formula is C20H29N5O5S. The highest BCUT2D eigenvalue weighted by Gasteiger charge is 2.26. The molecule has 3 rings (SSSR count). The van der Waals surface area contributed by atoms with Crippen molar-refractivity contribution in [3.63, 3.8) is 0 Å². The first kappa shape index (κ1) is 23.3. The zero-order chi connectivity index (χ0) is 22.3. The van der Waals surface area contributed by atoms with E-state index in [2.05, 4.69) is 34.3 Å². The van der Waals surface area contributed by atoms with Gasteiger partial charge in [0.15, 0.2) is 0 Å². The molecule has 1 fully saturated rings. The van der Waals surface area contributed by atoms with Crippen LogP contribution in [0.1, 0.15) is 31.0 Å². The molecule has 1 aromatic carbocycles. The average molecular weight is 452 g/mol. The molecule has 0 saturated carbocycles. The maximum absolute atomic E-state index is 12.7. The van der Waals surface area contributed by atoms with E-state index in [1.54, 1.807) is 12.1 Å². The van der Waals surface area contributed by atoms with Crippen LogP contribution < -0.4 is 5.32 Å². The molecule has 1 aliphatic rings. The minimum Gasteiger partial charge on any atom is -0.412 e. The van der Waals surface area contributed by atoms with Gasteiger partial charge in [-0.15, -0.1) is 10.2 Å². The predicted octanol–water partition coefficient (Wildman–Crippen LogP) is 1.22. The number of carbonyl (C=O) groups excluding carboxylic acids is 1. The van der Waals surface area contributed by atoms with Crippen LogP contribution in [0.2, 0.25) is 0 Å². The molecule has 0 spiro atoms. The van der Waals surface area contributed by atoms with Crippen molar-refractivity contribution >= 4 is 15.9 Å². The minimum atomic E-state index is -3.57. The fourth-order valence-corrected chi connectivity index (χ4v) is 4.67. The Morgan fingerprint density at radius 3 is 2.45 bits per heavy atom. The topological polar surface area (TPSA) is 118 Å². The van der Waals surface area contributed by atoms with Crippen LogP contribution >= 0.6 is 0 Å². The van der Waals surface area contributed by atoms with Crippen molar-refractivity contribution in [1.29, 1.82) is 0 Å². The molecule has 1 amide bonds. The number of benzene rings is 1. The molecule has 1 aromatic heterocycles. The van der Waals surface area contributed by atoms with E-state index in [9.17, 15) is 13.2 Å². The van der Waals surface area contributed by atoms with Gasteiger partial charge in [0.05, 0.1) is 18.1 Å². The number of ether oxygens (including phenoxy) is 1. The normalized spacial score (nSPS) is 15.3. The highest BCUT2D eigenvalue weighted by molar-refractivity contribution is 7.89. The maximum Gasteiger partial charge on any atom is 0.308 e. The molecule has 0 bridgehead atoms. The Morgan fingerprint density at radius 1 is 1.13 bits per heavy atom. The van der Waals surface area contributed by atoms with Gasteiger partial charge >= 0.3 is 11.8 Å². The third-order valence-electron chi connectivity index (χ3n) is 5.16. The van der Waals surface area contributed by atoms with Crippen LogP contribution in [0.25, 0.3) is 11.5 Å². The summed E-state index contributed by atoms with van der Waals surface area (Å²) >= 11 is 0. The first-order chi connectivity index (χ1) is 15.0. The third kappa shape index (κ3) is 5.88. The van der Waals surface area contributed by atoms with E-state index in [-0.39, 0.29) is 16.7 Å². The van der Waals surface area contributed by atoms with Gasteiger partial charge in [0.2, 0.25) is 15.9 Å². The summed E-state index contributed by atoms with van der Waals surface area (Å²) in [6.07, 6.45) is 0.827. The number of nitrogens with one attached hydrogen (secondary N) is 1. The van der Waals surface area contributed by atoms with Gasteiger partial charge < -0.3 is 19.4 Å². The summed E-state index contributed by atoms with van der Waals surface area (Å²) in [6, 6.07) is 6.17. The van der Waals surface area contributed by atoms with Crippen LogP contribution in [-0.4, -0.2) is 86.2 Å². The summed E-state index contributed by atoms with van der Waals surface area (Å²) in [5, 5.41) is 10.5. The lowest BCUT2D eigenvalue weighted by atomic mass is 10.2. The van der Waals surface area contributed by atoms with Crippen molar-refractivity contribution in [3.8, 4) is 11.5 Å². The molecule has 0 unspecified atom stereocenters. The van der Waals surface area contributed by atoms with Crippen LogP contribution in [0.15, 0.2) is 33.6 Å². The van der Waals surface area contributed by atoms with E-state index in [0.717, 1.165) is 26.1 Å². The van der Waals surface area contributed by atoms with Gasteiger partial charge in [-0.25, -0.2) is 8.42 Å². The summed E-state index contributed by atoms with van der Waals surface area (Å²) in [5.41, 5.74) is 0.536. The molecule has 11 heteroatoms. The number of carbonyl (C=O) groups is 1. The molecule has 31 heavy (non-hydrogen) atoms. The highest BCUT2D eigenvalue weighted by atomic mass is 32.2. The lowest BCUT2D eigenvalue weighted by molar-refractivity contribution is 0.0730. The Morgan fingerprint density at radius 2 is 1.81 bits per heavy atom. The SMILES string of the molecule is CCN(CC)CCCNC(=O)c1nnc(-c2ccc(S(=O)(=O)N3CCOCC3)cc2)o1. The Hall–Kier alpha value is -2.34. The molecule has 0 radical (unpaired) electrons. The number of aromatic nitrogens is 2. The van der Waals surface area contributed by atoms with Gasteiger partial charge in [-0.05, 0) is 50.3 Å². The maximum atomic E-state index is 12.7. The summed E-state index contributed by atoms with van der Waals surface area (Å²) < 4.78 is 37.5. The second-order valence-corrected chi connectivity index (χ2v) is 9.03. The largest absolute Gasteiger partial charge is 0.412 e.